The van der Waals surface area contributed by atoms with Crippen molar-refractivity contribution in [3.05, 3.63) is 76.3 Å². The molecule has 0 saturated carbocycles. The summed E-state index contributed by atoms with van der Waals surface area (Å²) < 4.78 is 14.8. The Morgan fingerprint density at radius 3 is 2.23 bits per heavy atom. The number of hydrogen-bond donors (Lipinski definition) is 1. The third-order valence-electron chi connectivity index (χ3n) is 3.69. The predicted molar refractivity (Wildman–Crippen MR) is 85.9 cm³/mol. The molecule has 1 N–H and O–H groups in total. The van der Waals surface area contributed by atoms with Crippen molar-refractivity contribution in [2.45, 2.75) is 19.8 Å². The molecule has 0 bridgehead atoms. The number of nitrogens with one attached hydrogen (secondary N) is 1. The Kier molecular flexibility index (Phi) is 3.67. The standard InChI is InChI=1S/C18H17FN2O/c1-12(2)13-5-9-16(10-6-13)21-17(11-18(22)20-21)14-3-7-15(19)8-4-14/h3-12H,1-2H3,(H,20,22). The Balaban J connectivity index is 2.08. The average Bonchev–Trinajstić information content (AvgIpc) is 2.90. The largest absolute Gasteiger partial charge is 0.268 e. The quantitative estimate of drug-likeness (QED) is 0.776. The van der Waals surface area contributed by atoms with Crippen molar-refractivity contribution in [1.82, 2.24) is 9.78 Å². The van der Waals surface area contributed by atoms with Crippen molar-refractivity contribution in [2.75, 3.05) is 0 Å². The van der Waals surface area contributed by atoms with Gasteiger partial charge in [-0.1, -0.05) is 26.0 Å². The summed E-state index contributed by atoms with van der Waals surface area (Å²) in [6, 6.07) is 15.7. The molecule has 0 spiro atoms. The summed E-state index contributed by atoms with van der Waals surface area (Å²) in [4.78, 5) is 11.7. The van der Waals surface area contributed by atoms with Gasteiger partial charge < -0.3 is 0 Å². The second-order valence-corrected chi connectivity index (χ2v) is 5.59. The predicted octanol–water partition coefficient (Wildman–Crippen LogP) is 4.10. The molecule has 3 aromatic rings. The fourth-order valence-corrected chi connectivity index (χ4v) is 2.44. The van der Waals surface area contributed by atoms with Crippen molar-refractivity contribution >= 4 is 0 Å². The van der Waals surface area contributed by atoms with E-state index in [0.717, 1.165) is 11.3 Å². The first-order valence-electron chi connectivity index (χ1n) is 7.23. The highest BCUT2D eigenvalue weighted by molar-refractivity contribution is 5.61. The van der Waals surface area contributed by atoms with Gasteiger partial charge in [-0.05, 0) is 47.9 Å². The molecule has 1 aromatic heterocycles. The fraction of sp³-hybridized carbons (Fsp3) is 0.167. The second-order valence-electron chi connectivity index (χ2n) is 5.59. The van der Waals surface area contributed by atoms with Crippen LogP contribution in [0.3, 0.4) is 0 Å². The number of rotatable bonds is 3. The Morgan fingerprint density at radius 1 is 1.00 bits per heavy atom. The van der Waals surface area contributed by atoms with Crippen LogP contribution in [0, 0.1) is 5.82 Å². The minimum atomic E-state index is -0.297. The minimum Gasteiger partial charge on any atom is -0.268 e. The summed E-state index contributed by atoms with van der Waals surface area (Å²) in [6.07, 6.45) is 0. The van der Waals surface area contributed by atoms with Crippen LogP contribution in [0.15, 0.2) is 59.4 Å². The van der Waals surface area contributed by atoms with Gasteiger partial charge in [-0.25, -0.2) is 4.39 Å². The normalized spacial score (nSPS) is 11.1. The van der Waals surface area contributed by atoms with Gasteiger partial charge in [-0.3, -0.25) is 14.6 Å². The van der Waals surface area contributed by atoms with Crippen LogP contribution in [0.25, 0.3) is 16.9 Å². The highest BCUT2D eigenvalue weighted by Crippen LogP contribution is 2.22. The molecular weight excluding hydrogens is 279 g/mol. The molecule has 0 radical (unpaired) electrons. The number of H-pyrrole nitrogens is 1. The molecule has 0 unspecified atom stereocenters. The average molecular weight is 296 g/mol. The van der Waals surface area contributed by atoms with Crippen molar-refractivity contribution < 1.29 is 4.39 Å². The van der Waals surface area contributed by atoms with Gasteiger partial charge >= 0.3 is 0 Å². The van der Waals surface area contributed by atoms with Gasteiger partial charge in [0, 0.05) is 11.6 Å². The SMILES string of the molecule is CC(C)c1ccc(-n2[nH]c(=O)cc2-c2ccc(F)cc2)cc1. The zero-order valence-corrected chi connectivity index (χ0v) is 12.5. The Hall–Kier alpha value is -2.62. The highest BCUT2D eigenvalue weighted by atomic mass is 19.1. The number of hydrogen-bond acceptors (Lipinski definition) is 1. The smallest absolute Gasteiger partial charge is 0.265 e. The summed E-state index contributed by atoms with van der Waals surface area (Å²) >= 11 is 0. The molecule has 0 aliphatic heterocycles. The summed E-state index contributed by atoms with van der Waals surface area (Å²) in [6.45, 7) is 4.27. The van der Waals surface area contributed by atoms with E-state index in [4.69, 9.17) is 0 Å². The molecule has 2 aromatic carbocycles. The molecule has 0 aliphatic rings. The van der Waals surface area contributed by atoms with Crippen LogP contribution in [0.5, 0.6) is 0 Å². The zero-order chi connectivity index (χ0) is 15.7. The van der Waals surface area contributed by atoms with Crippen LogP contribution < -0.4 is 5.56 Å². The number of halogens is 1. The first-order chi connectivity index (χ1) is 10.5. The van der Waals surface area contributed by atoms with Gasteiger partial charge in [0.2, 0.25) is 0 Å². The van der Waals surface area contributed by atoms with Crippen molar-refractivity contribution in [3.8, 4) is 16.9 Å². The Labute approximate surface area is 128 Å². The molecule has 112 valence electrons. The molecular formula is C18H17FN2O. The minimum absolute atomic E-state index is 0.188. The van der Waals surface area contributed by atoms with E-state index in [1.807, 2.05) is 24.3 Å². The lowest BCUT2D eigenvalue weighted by Crippen LogP contribution is -2.04. The van der Waals surface area contributed by atoms with Crippen LogP contribution in [0.2, 0.25) is 0 Å². The van der Waals surface area contributed by atoms with Crippen LogP contribution >= 0.6 is 0 Å². The third kappa shape index (κ3) is 2.72. The molecule has 0 amide bonds. The van der Waals surface area contributed by atoms with E-state index in [-0.39, 0.29) is 11.4 Å². The summed E-state index contributed by atoms with van der Waals surface area (Å²) in [5.41, 5.74) is 3.41. The number of benzene rings is 2. The maximum absolute atomic E-state index is 13.1. The second kappa shape index (κ2) is 5.64. The van der Waals surface area contributed by atoms with Gasteiger partial charge in [0.15, 0.2) is 0 Å². The van der Waals surface area contributed by atoms with E-state index in [0.29, 0.717) is 11.6 Å². The Bertz CT molecular complexity index is 827. The van der Waals surface area contributed by atoms with Gasteiger partial charge in [0.05, 0.1) is 11.4 Å². The maximum Gasteiger partial charge on any atom is 0.265 e. The van der Waals surface area contributed by atoms with Crippen molar-refractivity contribution in [1.29, 1.82) is 0 Å². The summed E-state index contributed by atoms with van der Waals surface area (Å²) in [5.74, 6) is 0.156. The molecule has 22 heavy (non-hydrogen) atoms. The van der Waals surface area contributed by atoms with Crippen LogP contribution in [0.1, 0.15) is 25.3 Å². The van der Waals surface area contributed by atoms with Gasteiger partial charge in [0.25, 0.3) is 5.56 Å². The number of aromatic nitrogens is 2. The summed E-state index contributed by atoms with van der Waals surface area (Å²) in [5, 5.41) is 2.79. The van der Waals surface area contributed by atoms with Gasteiger partial charge in [0.1, 0.15) is 5.82 Å². The fourth-order valence-electron chi connectivity index (χ4n) is 2.44. The Morgan fingerprint density at radius 2 is 1.64 bits per heavy atom. The van der Waals surface area contributed by atoms with Crippen LogP contribution in [-0.4, -0.2) is 9.78 Å². The topological polar surface area (TPSA) is 37.8 Å². The molecule has 1 heterocycles. The lowest BCUT2D eigenvalue weighted by molar-refractivity contribution is 0.628. The van der Waals surface area contributed by atoms with Crippen molar-refractivity contribution in [2.24, 2.45) is 0 Å². The molecule has 3 nitrogen and oxygen atoms in total. The van der Waals surface area contributed by atoms with E-state index < -0.39 is 0 Å². The molecule has 0 saturated heterocycles. The lowest BCUT2D eigenvalue weighted by atomic mass is 10.0. The monoisotopic (exact) mass is 296 g/mol. The number of aromatic amines is 1. The molecule has 3 rings (SSSR count). The molecule has 0 fully saturated rings. The molecule has 4 heteroatoms. The van der Waals surface area contributed by atoms with Crippen LogP contribution in [-0.2, 0) is 0 Å². The van der Waals surface area contributed by atoms with E-state index in [1.54, 1.807) is 16.8 Å². The lowest BCUT2D eigenvalue weighted by Gasteiger charge is -2.11. The van der Waals surface area contributed by atoms with E-state index >= 15 is 0 Å². The molecule has 0 aliphatic carbocycles. The number of nitrogens with zero attached hydrogens (tertiary/aromatic N) is 1. The van der Waals surface area contributed by atoms with Gasteiger partial charge in [-0.15, -0.1) is 0 Å². The van der Waals surface area contributed by atoms with E-state index in [9.17, 15) is 9.18 Å². The van der Waals surface area contributed by atoms with E-state index in [2.05, 4.69) is 18.9 Å². The first kappa shape index (κ1) is 14.3. The summed E-state index contributed by atoms with van der Waals surface area (Å²) in [7, 11) is 0. The zero-order valence-electron chi connectivity index (χ0n) is 12.5. The van der Waals surface area contributed by atoms with E-state index in [1.165, 1.54) is 23.8 Å². The highest BCUT2D eigenvalue weighted by Gasteiger charge is 2.09. The van der Waals surface area contributed by atoms with Crippen LogP contribution in [0.4, 0.5) is 4.39 Å². The third-order valence-corrected chi connectivity index (χ3v) is 3.69. The molecule has 0 atom stereocenters. The maximum atomic E-state index is 13.1. The first-order valence-corrected chi connectivity index (χ1v) is 7.23. The van der Waals surface area contributed by atoms with Crippen molar-refractivity contribution in [3.63, 3.8) is 0 Å². The van der Waals surface area contributed by atoms with Gasteiger partial charge in [-0.2, -0.15) is 0 Å².